The first-order valence-corrected chi connectivity index (χ1v) is 6.04. The van der Waals surface area contributed by atoms with Crippen LogP contribution in [0.25, 0.3) is 0 Å². The quantitative estimate of drug-likeness (QED) is 0.835. The Balaban J connectivity index is 2.03. The molecule has 92 valence electrons. The summed E-state index contributed by atoms with van der Waals surface area (Å²) in [6, 6.07) is 3.77. The normalized spacial score (nSPS) is 19.5. The smallest absolute Gasteiger partial charge is 0.321 e. The van der Waals surface area contributed by atoms with Gasteiger partial charge >= 0.3 is 6.03 Å². The van der Waals surface area contributed by atoms with Crippen LogP contribution in [0.4, 0.5) is 14.9 Å². The number of benzene rings is 1. The Kier molecular flexibility index (Phi) is 3.63. The lowest BCUT2D eigenvalue weighted by Crippen LogP contribution is -2.33. The van der Waals surface area contributed by atoms with Crippen molar-refractivity contribution in [2.24, 2.45) is 0 Å². The Morgan fingerprint density at radius 2 is 2.35 bits per heavy atom. The van der Waals surface area contributed by atoms with Crippen molar-refractivity contribution in [3.63, 3.8) is 0 Å². The fraction of sp³-hybridized carbons (Fsp3) is 0.364. The Morgan fingerprint density at radius 3 is 2.94 bits per heavy atom. The van der Waals surface area contributed by atoms with Crippen LogP contribution >= 0.6 is 15.9 Å². The van der Waals surface area contributed by atoms with Crippen molar-refractivity contribution in [1.29, 1.82) is 0 Å². The highest BCUT2D eigenvalue weighted by Gasteiger charge is 2.24. The average molecular weight is 303 g/mol. The number of hydrogen-bond acceptors (Lipinski definition) is 2. The van der Waals surface area contributed by atoms with Crippen LogP contribution in [0.15, 0.2) is 22.7 Å². The van der Waals surface area contributed by atoms with Crippen molar-refractivity contribution in [3.05, 3.63) is 28.5 Å². The molecule has 0 aromatic heterocycles. The van der Waals surface area contributed by atoms with Gasteiger partial charge in [-0.25, -0.2) is 9.18 Å². The van der Waals surface area contributed by atoms with Crippen LogP contribution in [-0.2, 0) is 0 Å². The molecule has 4 nitrogen and oxygen atoms in total. The van der Waals surface area contributed by atoms with E-state index in [2.05, 4.69) is 21.2 Å². The minimum absolute atomic E-state index is 0.283. The number of halogens is 2. The molecule has 0 aliphatic carbocycles. The Bertz CT molecular complexity index is 441. The predicted octanol–water partition coefficient (Wildman–Crippen LogP) is 2.19. The van der Waals surface area contributed by atoms with Crippen LogP contribution in [0, 0.1) is 5.82 Å². The molecule has 0 bridgehead atoms. The summed E-state index contributed by atoms with van der Waals surface area (Å²) in [5.74, 6) is -0.369. The molecule has 1 aromatic carbocycles. The van der Waals surface area contributed by atoms with E-state index < -0.39 is 6.10 Å². The highest BCUT2D eigenvalue weighted by Crippen LogP contribution is 2.23. The number of carbonyl (C=O) groups is 1. The third-order valence-corrected chi connectivity index (χ3v) is 3.28. The van der Waals surface area contributed by atoms with Gasteiger partial charge in [-0.15, -0.1) is 0 Å². The lowest BCUT2D eigenvalue weighted by molar-refractivity contribution is 0.176. The van der Waals surface area contributed by atoms with E-state index in [1.807, 2.05) is 0 Å². The molecule has 0 unspecified atom stereocenters. The number of rotatable bonds is 1. The van der Waals surface area contributed by atoms with Crippen molar-refractivity contribution < 1.29 is 14.3 Å². The summed E-state index contributed by atoms with van der Waals surface area (Å²) in [5.41, 5.74) is 0.512. The monoisotopic (exact) mass is 302 g/mol. The Hall–Kier alpha value is -1.14. The molecule has 1 fully saturated rings. The number of likely N-dealkylation sites (tertiary alicyclic amines) is 1. The van der Waals surface area contributed by atoms with Gasteiger partial charge in [-0.3, -0.25) is 0 Å². The van der Waals surface area contributed by atoms with Crippen molar-refractivity contribution in [2.75, 3.05) is 18.4 Å². The number of carbonyl (C=O) groups excluding carboxylic acids is 1. The fourth-order valence-corrected chi connectivity index (χ4v) is 2.16. The van der Waals surface area contributed by atoms with Gasteiger partial charge in [0.15, 0.2) is 0 Å². The van der Waals surface area contributed by atoms with E-state index in [1.54, 1.807) is 0 Å². The zero-order valence-electron chi connectivity index (χ0n) is 8.99. The zero-order valence-corrected chi connectivity index (χ0v) is 10.6. The van der Waals surface area contributed by atoms with E-state index in [4.69, 9.17) is 0 Å². The summed E-state index contributed by atoms with van der Waals surface area (Å²) in [4.78, 5) is 13.3. The molecule has 2 amide bonds. The third-order valence-electron chi connectivity index (χ3n) is 2.62. The first kappa shape index (κ1) is 12.3. The van der Waals surface area contributed by atoms with Crippen molar-refractivity contribution in [2.45, 2.75) is 12.5 Å². The molecule has 2 rings (SSSR count). The molecule has 1 aliphatic rings. The van der Waals surface area contributed by atoms with Crippen molar-refractivity contribution >= 4 is 27.6 Å². The Labute approximate surface area is 107 Å². The van der Waals surface area contributed by atoms with Crippen LogP contribution in [-0.4, -0.2) is 35.2 Å². The lowest BCUT2D eigenvalue weighted by Gasteiger charge is -2.17. The minimum atomic E-state index is -0.447. The first-order chi connectivity index (χ1) is 8.06. The summed E-state index contributed by atoms with van der Waals surface area (Å²) in [6.07, 6.45) is 0.148. The lowest BCUT2D eigenvalue weighted by atomic mass is 10.3. The van der Waals surface area contributed by atoms with Gasteiger partial charge < -0.3 is 15.3 Å². The van der Waals surface area contributed by atoms with E-state index in [0.29, 0.717) is 29.7 Å². The largest absolute Gasteiger partial charge is 0.391 e. The average Bonchev–Trinajstić information content (AvgIpc) is 2.69. The SMILES string of the molecule is O=C(Nc1ccc(F)cc1Br)N1CC[C@@H](O)C1. The van der Waals surface area contributed by atoms with Crippen LogP contribution in [0.1, 0.15) is 6.42 Å². The van der Waals surface area contributed by atoms with Gasteiger partial charge in [0.05, 0.1) is 11.8 Å². The standard InChI is InChI=1S/C11H12BrFN2O2/c12-9-5-7(13)1-2-10(9)14-11(17)15-4-3-8(16)6-15/h1-2,5,8,16H,3-4,6H2,(H,14,17)/t8-/m1/s1. The number of aliphatic hydroxyl groups is 1. The van der Waals surface area contributed by atoms with Crippen LogP contribution in [0.2, 0.25) is 0 Å². The number of aliphatic hydroxyl groups excluding tert-OH is 1. The zero-order chi connectivity index (χ0) is 12.4. The summed E-state index contributed by atoms with van der Waals surface area (Å²) in [7, 11) is 0. The number of amides is 2. The first-order valence-electron chi connectivity index (χ1n) is 5.25. The molecule has 1 aromatic rings. The number of nitrogens with zero attached hydrogens (tertiary/aromatic N) is 1. The number of β-amino-alcohol motifs (C(OH)–C–C–N with tert-alkyl or cyclic N) is 1. The maximum Gasteiger partial charge on any atom is 0.321 e. The van der Waals surface area contributed by atoms with Gasteiger partial charge in [0.2, 0.25) is 0 Å². The second kappa shape index (κ2) is 5.01. The van der Waals surface area contributed by atoms with E-state index in [-0.39, 0.29) is 11.8 Å². The summed E-state index contributed by atoms with van der Waals surface area (Å²) in [6.45, 7) is 0.871. The van der Waals surface area contributed by atoms with Crippen LogP contribution in [0.3, 0.4) is 0 Å². The molecular weight excluding hydrogens is 291 g/mol. The predicted molar refractivity (Wildman–Crippen MR) is 65.3 cm³/mol. The van der Waals surface area contributed by atoms with E-state index >= 15 is 0 Å². The van der Waals surface area contributed by atoms with Gasteiger partial charge in [0.1, 0.15) is 5.82 Å². The van der Waals surface area contributed by atoms with Gasteiger partial charge in [-0.05, 0) is 40.5 Å². The highest BCUT2D eigenvalue weighted by atomic mass is 79.9. The van der Waals surface area contributed by atoms with Gasteiger partial charge in [0, 0.05) is 17.6 Å². The van der Waals surface area contributed by atoms with Gasteiger partial charge in [0.25, 0.3) is 0 Å². The minimum Gasteiger partial charge on any atom is -0.391 e. The summed E-state index contributed by atoms with van der Waals surface area (Å²) >= 11 is 3.17. The molecular formula is C11H12BrFN2O2. The summed E-state index contributed by atoms with van der Waals surface area (Å²) < 4.78 is 13.3. The van der Waals surface area contributed by atoms with E-state index in [9.17, 15) is 14.3 Å². The molecule has 17 heavy (non-hydrogen) atoms. The van der Waals surface area contributed by atoms with E-state index in [0.717, 1.165) is 0 Å². The maximum atomic E-state index is 12.9. The number of urea groups is 1. The van der Waals surface area contributed by atoms with Crippen molar-refractivity contribution in [1.82, 2.24) is 4.90 Å². The third kappa shape index (κ3) is 2.95. The van der Waals surface area contributed by atoms with Gasteiger partial charge in [-0.1, -0.05) is 0 Å². The molecule has 1 aliphatic heterocycles. The molecule has 1 saturated heterocycles. The molecule has 2 N–H and O–H groups in total. The molecule has 0 saturated carbocycles. The van der Waals surface area contributed by atoms with E-state index in [1.165, 1.54) is 23.1 Å². The van der Waals surface area contributed by atoms with Gasteiger partial charge in [-0.2, -0.15) is 0 Å². The second-order valence-electron chi connectivity index (χ2n) is 3.94. The number of hydrogen-bond donors (Lipinski definition) is 2. The molecule has 0 spiro atoms. The topological polar surface area (TPSA) is 52.6 Å². The Morgan fingerprint density at radius 1 is 1.59 bits per heavy atom. The van der Waals surface area contributed by atoms with Crippen LogP contribution < -0.4 is 5.32 Å². The second-order valence-corrected chi connectivity index (χ2v) is 4.80. The number of nitrogens with one attached hydrogen (secondary N) is 1. The molecule has 0 radical (unpaired) electrons. The summed E-state index contributed by atoms with van der Waals surface area (Å²) in [5, 5.41) is 12.0. The maximum absolute atomic E-state index is 12.9. The molecule has 1 heterocycles. The van der Waals surface area contributed by atoms with Crippen LogP contribution in [0.5, 0.6) is 0 Å². The van der Waals surface area contributed by atoms with Crippen molar-refractivity contribution in [3.8, 4) is 0 Å². The molecule has 1 atom stereocenters. The highest BCUT2D eigenvalue weighted by molar-refractivity contribution is 9.10. The number of anilines is 1. The molecule has 6 heteroatoms. The fourth-order valence-electron chi connectivity index (χ4n) is 1.71.